The maximum absolute atomic E-state index is 10.9. The molecule has 0 aliphatic heterocycles. The Labute approximate surface area is 120 Å². The van der Waals surface area contributed by atoms with Crippen molar-refractivity contribution >= 4 is 0 Å². The molecule has 4 heteroatoms. The van der Waals surface area contributed by atoms with Gasteiger partial charge in [-0.1, -0.05) is 31.4 Å². The third-order valence-corrected chi connectivity index (χ3v) is 4.56. The molecule has 2 rings (SSSR count). The number of nitrogens with two attached hydrogens (primary N) is 1. The second-order valence-electron chi connectivity index (χ2n) is 5.61. The van der Waals surface area contributed by atoms with E-state index in [9.17, 15) is 5.11 Å². The number of para-hydroxylation sites is 1. The average molecular weight is 279 g/mol. The first kappa shape index (κ1) is 15.1. The van der Waals surface area contributed by atoms with Crippen LogP contribution in [0.3, 0.4) is 0 Å². The summed E-state index contributed by atoms with van der Waals surface area (Å²) in [6.07, 6.45) is 4.79. The van der Waals surface area contributed by atoms with Crippen molar-refractivity contribution in [3.05, 3.63) is 23.8 Å². The fourth-order valence-electron chi connectivity index (χ4n) is 3.30. The second kappa shape index (κ2) is 6.46. The summed E-state index contributed by atoms with van der Waals surface area (Å²) in [6, 6.07) is 5.62. The third-order valence-electron chi connectivity index (χ3n) is 4.56. The van der Waals surface area contributed by atoms with Crippen molar-refractivity contribution in [2.24, 2.45) is 11.1 Å². The molecule has 20 heavy (non-hydrogen) atoms. The molecule has 0 aromatic heterocycles. The van der Waals surface area contributed by atoms with Gasteiger partial charge in [0.15, 0.2) is 11.5 Å². The summed E-state index contributed by atoms with van der Waals surface area (Å²) in [6.45, 7) is 0.495. The highest BCUT2D eigenvalue weighted by Gasteiger charge is 2.40. The molecule has 0 heterocycles. The zero-order chi connectivity index (χ0) is 14.6. The molecule has 1 aromatic carbocycles. The van der Waals surface area contributed by atoms with E-state index in [-0.39, 0.29) is 5.41 Å². The van der Waals surface area contributed by atoms with Crippen LogP contribution < -0.4 is 15.2 Å². The summed E-state index contributed by atoms with van der Waals surface area (Å²) in [5, 5.41) is 10.9. The number of benzene rings is 1. The minimum atomic E-state index is -0.613. The van der Waals surface area contributed by atoms with Gasteiger partial charge in [0.25, 0.3) is 0 Å². The smallest absolute Gasteiger partial charge is 0.166 e. The standard InChI is InChI=1S/C16H25NO3/c1-19-13-8-6-7-12(14(13)20-2)15(18)16(11-17)9-4-3-5-10-16/h6-8,15,18H,3-5,9-11,17H2,1-2H3. The Morgan fingerprint density at radius 1 is 1.20 bits per heavy atom. The highest BCUT2D eigenvalue weighted by atomic mass is 16.5. The van der Waals surface area contributed by atoms with Crippen molar-refractivity contribution in [1.82, 2.24) is 0 Å². The van der Waals surface area contributed by atoms with E-state index >= 15 is 0 Å². The molecule has 1 aromatic rings. The number of hydrogen-bond acceptors (Lipinski definition) is 4. The number of aliphatic hydroxyl groups excluding tert-OH is 1. The van der Waals surface area contributed by atoms with Gasteiger partial charge in [-0.15, -0.1) is 0 Å². The summed E-state index contributed by atoms with van der Waals surface area (Å²) in [7, 11) is 3.21. The van der Waals surface area contributed by atoms with E-state index in [1.165, 1.54) is 6.42 Å². The Kier molecular flexibility index (Phi) is 4.89. The normalized spacial score (nSPS) is 19.4. The Morgan fingerprint density at radius 3 is 2.45 bits per heavy atom. The molecule has 4 nitrogen and oxygen atoms in total. The summed E-state index contributed by atoms with van der Waals surface area (Å²) in [5.41, 5.74) is 6.55. The molecule has 0 saturated heterocycles. The van der Waals surface area contributed by atoms with Crippen molar-refractivity contribution in [2.45, 2.75) is 38.2 Å². The molecule has 1 atom stereocenters. The van der Waals surface area contributed by atoms with E-state index in [1.54, 1.807) is 14.2 Å². The van der Waals surface area contributed by atoms with Gasteiger partial charge < -0.3 is 20.3 Å². The van der Waals surface area contributed by atoms with E-state index < -0.39 is 6.10 Å². The van der Waals surface area contributed by atoms with Gasteiger partial charge in [-0.3, -0.25) is 0 Å². The van der Waals surface area contributed by atoms with E-state index in [4.69, 9.17) is 15.2 Å². The van der Waals surface area contributed by atoms with Gasteiger partial charge in [0.2, 0.25) is 0 Å². The van der Waals surface area contributed by atoms with Crippen LogP contribution in [0, 0.1) is 5.41 Å². The highest BCUT2D eigenvalue weighted by molar-refractivity contribution is 5.48. The van der Waals surface area contributed by atoms with Crippen LogP contribution in [-0.2, 0) is 0 Å². The molecule has 1 saturated carbocycles. The first-order valence-electron chi connectivity index (χ1n) is 7.27. The number of aliphatic hydroxyl groups is 1. The zero-order valence-corrected chi connectivity index (χ0v) is 12.4. The van der Waals surface area contributed by atoms with Gasteiger partial charge in [0.05, 0.1) is 20.3 Å². The molecule has 1 aliphatic carbocycles. The first-order chi connectivity index (χ1) is 9.68. The lowest BCUT2D eigenvalue weighted by molar-refractivity contribution is -0.000891. The summed E-state index contributed by atoms with van der Waals surface area (Å²) in [5.74, 6) is 1.26. The lowest BCUT2D eigenvalue weighted by Crippen LogP contribution is -2.38. The predicted molar refractivity (Wildman–Crippen MR) is 79.1 cm³/mol. The molecule has 0 radical (unpaired) electrons. The molecule has 0 amide bonds. The second-order valence-corrected chi connectivity index (χ2v) is 5.61. The van der Waals surface area contributed by atoms with Crippen LogP contribution in [0.15, 0.2) is 18.2 Å². The minimum Gasteiger partial charge on any atom is -0.493 e. The SMILES string of the molecule is COc1cccc(C(O)C2(CN)CCCCC2)c1OC. The molecule has 112 valence electrons. The van der Waals surface area contributed by atoms with Crippen LogP contribution in [0.1, 0.15) is 43.8 Å². The molecule has 1 aliphatic rings. The molecular weight excluding hydrogens is 254 g/mol. The first-order valence-corrected chi connectivity index (χ1v) is 7.27. The lowest BCUT2D eigenvalue weighted by atomic mass is 9.68. The predicted octanol–water partition coefficient (Wildman–Crippen LogP) is 2.65. The number of methoxy groups -OCH3 is 2. The highest BCUT2D eigenvalue weighted by Crippen LogP contribution is 2.48. The van der Waals surface area contributed by atoms with E-state index in [0.29, 0.717) is 18.0 Å². The number of ether oxygens (including phenoxy) is 2. The topological polar surface area (TPSA) is 64.7 Å². The number of rotatable bonds is 5. The Hall–Kier alpha value is -1.26. The molecular formula is C16H25NO3. The Balaban J connectivity index is 2.38. The fraction of sp³-hybridized carbons (Fsp3) is 0.625. The fourth-order valence-corrected chi connectivity index (χ4v) is 3.30. The summed E-state index contributed by atoms with van der Waals surface area (Å²) < 4.78 is 10.8. The van der Waals surface area contributed by atoms with Crippen LogP contribution in [0.5, 0.6) is 11.5 Å². The van der Waals surface area contributed by atoms with Crippen molar-refractivity contribution in [3.8, 4) is 11.5 Å². The van der Waals surface area contributed by atoms with E-state index in [2.05, 4.69) is 0 Å². The van der Waals surface area contributed by atoms with Gasteiger partial charge in [-0.25, -0.2) is 0 Å². The monoisotopic (exact) mass is 279 g/mol. The summed E-state index contributed by atoms with van der Waals surface area (Å²) >= 11 is 0. The van der Waals surface area contributed by atoms with E-state index in [0.717, 1.165) is 31.2 Å². The van der Waals surface area contributed by atoms with Gasteiger partial charge in [-0.05, 0) is 18.9 Å². The molecule has 3 N–H and O–H groups in total. The van der Waals surface area contributed by atoms with Crippen molar-refractivity contribution in [3.63, 3.8) is 0 Å². The average Bonchev–Trinajstić information content (AvgIpc) is 2.53. The van der Waals surface area contributed by atoms with Crippen molar-refractivity contribution < 1.29 is 14.6 Å². The lowest BCUT2D eigenvalue weighted by Gasteiger charge is -2.40. The zero-order valence-electron chi connectivity index (χ0n) is 12.4. The van der Waals surface area contributed by atoms with Gasteiger partial charge in [0, 0.05) is 17.5 Å². The molecule has 1 fully saturated rings. The van der Waals surface area contributed by atoms with Crippen LogP contribution in [0.2, 0.25) is 0 Å². The van der Waals surface area contributed by atoms with Crippen LogP contribution in [0.25, 0.3) is 0 Å². The maximum Gasteiger partial charge on any atom is 0.166 e. The van der Waals surface area contributed by atoms with Crippen molar-refractivity contribution in [1.29, 1.82) is 0 Å². The Morgan fingerprint density at radius 2 is 1.90 bits per heavy atom. The van der Waals surface area contributed by atoms with Crippen LogP contribution in [0.4, 0.5) is 0 Å². The maximum atomic E-state index is 10.9. The van der Waals surface area contributed by atoms with Crippen LogP contribution in [-0.4, -0.2) is 25.9 Å². The molecule has 0 bridgehead atoms. The van der Waals surface area contributed by atoms with E-state index in [1.807, 2.05) is 18.2 Å². The number of hydrogen-bond donors (Lipinski definition) is 2. The quantitative estimate of drug-likeness (QED) is 0.869. The van der Waals surface area contributed by atoms with Crippen LogP contribution >= 0.6 is 0 Å². The van der Waals surface area contributed by atoms with Gasteiger partial charge in [0.1, 0.15) is 0 Å². The largest absolute Gasteiger partial charge is 0.493 e. The van der Waals surface area contributed by atoms with Crippen molar-refractivity contribution in [2.75, 3.05) is 20.8 Å². The molecule has 1 unspecified atom stereocenters. The summed E-state index contributed by atoms with van der Waals surface area (Å²) in [4.78, 5) is 0. The minimum absolute atomic E-state index is 0.238. The van der Waals surface area contributed by atoms with Gasteiger partial charge in [-0.2, -0.15) is 0 Å². The Bertz CT molecular complexity index is 441. The van der Waals surface area contributed by atoms with Gasteiger partial charge >= 0.3 is 0 Å². The molecule has 0 spiro atoms. The third kappa shape index (κ3) is 2.63.